The van der Waals surface area contributed by atoms with E-state index in [-0.39, 0.29) is 29.4 Å². The largest absolute Gasteiger partial charge is 0.454 e. The lowest BCUT2D eigenvalue weighted by molar-refractivity contribution is 0.0513. The number of halogens is 1. The van der Waals surface area contributed by atoms with Crippen molar-refractivity contribution in [1.29, 1.82) is 0 Å². The highest BCUT2D eigenvalue weighted by molar-refractivity contribution is 14.0. The van der Waals surface area contributed by atoms with E-state index < -0.39 is 0 Å². The highest BCUT2D eigenvalue weighted by atomic mass is 127. The van der Waals surface area contributed by atoms with Gasteiger partial charge in [0.15, 0.2) is 17.5 Å². The molecule has 0 saturated carbocycles. The Morgan fingerprint density at radius 3 is 2.73 bits per heavy atom. The Hall–Kier alpha value is -1.22. The van der Waals surface area contributed by atoms with Gasteiger partial charge in [0.05, 0.1) is 0 Å². The van der Waals surface area contributed by atoms with Crippen LogP contribution in [0.3, 0.4) is 0 Å². The van der Waals surface area contributed by atoms with E-state index in [1.54, 1.807) is 7.05 Å². The van der Waals surface area contributed by atoms with Crippen LogP contribution in [0, 0.1) is 0 Å². The Kier molecular flexibility index (Phi) is 5.74. The molecule has 2 heterocycles. The molecule has 0 amide bonds. The molecular weight excluding hydrogens is 397 g/mol. The molecule has 1 aromatic rings. The van der Waals surface area contributed by atoms with Gasteiger partial charge in [-0.1, -0.05) is 6.07 Å². The molecule has 7 heteroatoms. The van der Waals surface area contributed by atoms with Crippen LogP contribution in [0.2, 0.25) is 0 Å². The van der Waals surface area contributed by atoms with E-state index in [0.717, 1.165) is 44.1 Å². The quantitative estimate of drug-likeness (QED) is 0.443. The Morgan fingerprint density at radius 2 is 2.00 bits per heavy atom. The summed E-state index contributed by atoms with van der Waals surface area (Å²) in [6.45, 7) is 2.53. The summed E-state index contributed by atoms with van der Waals surface area (Å²) in [5, 5.41) is 3.21. The van der Waals surface area contributed by atoms with E-state index in [1.165, 1.54) is 5.56 Å². The maximum Gasteiger partial charge on any atom is 0.231 e. The average Bonchev–Trinajstić information content (AvgIpc) is 3.01. The number of hydrogen-bond acceptors (Lipinski definition) is 4. The van der Waals surface area contributed by atoms with Crippen LogP contribution < -0.4 is 20.5 Å². The maximum absolute atomic E-state index is 5.78. The van der Waals surface area contributed by atoms with Crippen molar-refractivity contribution in [2.75, 3.05) is 33.6 Å². The lowest BCUT2D eigenvalue weighted by Crippen LogP contribution is -2.46. The van der Waals surface area contributed by atoms with Gasteiger partial charge in [-0.15, -0.1) is 24.0 Å². The molecule has 0 aromatic heterocycles. The molecule has 22 heavy (non-hydrogen) atoms. The normalized spacial score (nSPS) is 19.4. The zero-order valence-corrected chi connectivity index (χ0v) is 15.0. The van der Waals surface area contributed by atoms with Crippen molar-refractivity contribution in [2.45, 2.75) is 18.3 Å². The fraction of sp³-hybridized carbons (Fsp3) is 0.533. The van der Waals surface area contributed by atoms with Crippen LogP contribution in [-0.4, -0.2) is 39.6 Å². The van der Waals surface area contributed by atoms with Crippen LogP contribution in [0.15, 0.2) is 23.2 Å². The number of rotatable bonds is 3. The smallest absolute Gasteiger partial charge is 0.231 e. The minimum Gasteiger partial charge on any atom is -0.454 e. The number of hydrogen-bond donors (Lipinski definition) is 2. The van der Waals surface area contributed by atoms with Crippen LogP contribution in [0.4, 0.5) is 0 Å². The fourth-order valence-corrected chi connectivity index (χ4v) is 2.89. The Bertz CT molecular complexity index is 545. The van der Waals surface area contributed by atoms with Crippen molar-refractivity contribution in [3.8, 4) is 11.5 Å². The second-order valence-electron chi connectivity index (χ2n) is 5.42. The van der Waals surface area contributed by atoms with Gasteiger partial charge >= 0.3 is 0 Å². The number of guanidine groups is 1. The first kappa shape index (κ1) is 17.1. The topological polar surface area (TPSA) is 78.1 Å². The number of benzene rings is 1. The Labute approximate surface area is 147 Å². The zero-order chi connectivity index (χ0) is 14.7. The average molecular weight is 419 g/mol. The molecule has 1 saturated heterocycles. The van der Waals surface area contributed by atoms with Crippen LogP contribution in [-0.2, 0) is 10.2 Å². The van der Waals surface area contributed by atoms with Crippen molar-refractivity contribution in [3.05, 3.63) is 23.8 Å². The molecule has 6 nitrogen and oxygen atoms in total. The summed E-state index contributed by atoms with van der Waals surface area (Å²) >= 11 is 0. The van der Waals surface area contributed by atoms with E-state index in [2.05, 4.69) is 22.4 Å². The van der Waals surface area contributed by atoms with Crippen LogP contribution in [0.5, 0.6) is 11.5 Å². The molecule has 1 fully saturated rings. The molecule has 0 unspecified atom stereocenters. The molecule has 0 atom stereocenters. The first-order chi connectivity index (χ1) is 10.2. The molecule has 3 rings (SSSR count). The lowest BCUT2D eigenvalue weighted by Gasteiger charge is -2.38. The van der Waals surface area contributed by atoms with E-state index in [4.69, 9.17) is 19.9 Å². The van der Waals surface area contributed by atoms with Gasteiger partial charge in [0, 0.05) is 32.2 Å². The van der Waals surface area contributed by atoms with Gasteiger partial charge in [0.2, 0.25) is 6.79 Å². The van der Waals surface area contributed by atoms with Crippen molar-refractivity contribution in [3.63, 3.8) is 0 Å². The van der Waals surface area contributed by atoms with E-state index >= 15 is 0 Å². The van der Waals surface area contributed by atoms with Gasteiger partial charge in [-0.05, 0) is 30.5 Å². The zero-order valence-electron chi connectivity index (χ0n) is 12.6. The number of fused-ring (bicyclic) bond motifs is 1. The third-order valence-electron chi connectivity index (χ3n) is 4.28. The summed E-state index contributed by atoms with van der Waals surface area (Å²) < 4.78 is 16.4. The van der Waals surface area contributed by atoms with Gasteiger partial charge in [0.1, 0.15) is 0 Å². The number of ether oxygens (including phenoxy) is 3. The van der Waals surface area contributed by atoms with Crippen LogP contribution >= 0.6 is 24.0 Å². The molecule has 122 valence electrons. The third kappa shape index (κ3) is 3.40. The molecule has 0 radical (unpaired) electrons. The molecule has 0 bridgehead atoms. The number of nitrogens with one attached hydrogen (secondary N) is 1. The monoisotopic (exact) mass is 419 g/mol. The van der Waals surface area contributed by atoms with Crippen molar-refractivity contribution in [2.24, 2.45) is 10.7 Å². The SMILES string of the molecule is CN=C(N)NCC1(c2ccc3c(c2)OCO3)CCOCC1.I. The summed E-state index contributed by atoms with van der Waals surface area (Å²) in [5.74, 6) is 2.08. The van der Waals surface area contributed by atoms with Crippen LogP contribution in [0.1, 0.15) is 18.4 Å². The predicted octanol–water partition coefficient (Wildman–Crippen LogP) is 1.62. The van der Waals surface area contributed by atoms with Gasteiger partial charge in [0.25, 0.3) is 0 Å². The number of nitrogens with two attached hydrogens (primary N) is 1. The molecule has 2 aliphatic rings. The molecule has 0 spiro atoms. The van der Waals surface area contributed by atoms with Gasteiger partial charge in [-0.25, -0.2) is 0 Å². The van der Waals surface area contributed by atoms with Crippen molar-refractivity contribution >= 4 is 29.9 Å². The molecular formula is C15H22IN3O3. The molecule has 1 aromatic carbocycles. The third-order valence-corrected chi connectivity index (χ3v) is 4.28. The number of aliphatic imine (C=N–C) groups is 1. The minimum absolute atomic E-state index is 0. The summed E-state index contributed by atoms with van der Waals surface area (Å²) in [6.07, 6.45) is 1.88. The maximum atomic E-state index is 5.78. The predicted molar refractivity (Wildman–Crippen MR) is 95.3 cm³/mol. The fourth-order valence-electron chi connectivity index (χ4n) is 2.89. The Balaban J connectivity index is 0.00000176. The standard InChI is InChI=1S/C15H21N3O3.HI/c1-17-14(16)18-9-15(4-6-19-7-5-15)11-2-3-12-13(8-11)21-10-20-12;/h2-3,8H,4-7,9-10H2,1H3,(H3,16,17,18);1H. The summed E-state index contributed by atoms with van der Waals surface area (Å²) in [4.78, 5) is 3.96. The Morgan fingerprint density at radius 1 is 1.27 bits per heavy atom. The lowest BCUT2D eigenvalue weighted by atomic mass is 9.74. The first-order valence-electron chi connectivity index (χ1n) is 7.17. The van der Waals surface area contributed by atoms with E-state index in [1.807, 2.05) is 6.07 Å². The number of nitrogens with zero attached hydrogens (tertiary/aromatic N) is 1. The summed E-state index contributed by atoms with van der Waals surface area (Å²) in [5.41, 5.74) is 6.99. The molecule has 3 N–H and O–H groups in total. The van der Waals surface area contributed by atoms with Crippen LogP contribution in [0.25, 0.3) is 0 Å². The highest BCUT2D eigenvalue weighted by Gasteiger charge is 2.35. The highest BCUT2D eigenvalue weighted by Crippen LogP contribution is 2.40. The van der Waals surface area contributed by atoms with Gasteiger partial charge < -0.3 is 25.3 Å². The van der Waals surface area contributed by atoms with E-state index in [0.29, 0.717) is 12.8 Å². The van der Waals surface area contributed by atoms with Crippen molar-refractivity contribution < 1.29 is 14.2 Å². The van der Waals surface area contributed by atoms with Crippen molar-refractivity contribution in [1.82, 2.24) is 5.32 Å². The molecule has 0 aliphatic carbocycles. The summed E-state index contributed by atoms with van der Waals surface area (Å²) in [6, 6.07) is 6.17. The van der Waals surface area contributed by atoms with Gasteiger partial charge in [-0.3, -0.25) is 4.99 Å². The minimum atomic E-state index is -0.0193. The summed E-state index contributed by atoms with van der Waals surface area (Å²) in [7, 11) is 1.68. The van der Waals surface area contributed by atoms with E-state index in [9.17, 15) is 0 Å². The first-order valence-corrected chi connectivity index (χ1v) is 7.17. The van der Waals surface area contributed by atoms with Gasteiger partial charge in [-0.2, -0.15) is 0 Å². The second-order valence-corrected chi connectivity index (χ2v) is 5.42. The second kappa shape index (κ2) is 7.36. The molecule has 2 aliphatic heterocycles.